The van der Waals surface area contributed by atoms with Gasteiger partial charge in [-0.3, -0.25) is 9.67 Å². The predicted octanol–water partition coefficient (Wildman–Crippen LogP) is 4.96. The number of benzene rings is 1. The monoisotopic (exact) mass is 558 g/mol. The summed E-state index contributed by atoms with van der Waals surface area (Å²) < 4.78 is 87.9. The Morgan fingerprint density at radius 2 is 1.74 bits per heavy atom. The molecule has 2 aliphatic rings. The number of fused-ring (bicyclic) bond motifs is 1. The molecule has 7 nitrogen and oxygen atoms in total. The van der Waals surface area contributed by atoms with E-state index in [1.165, 1.54) is 23.0 Å². The first-order valence-electron chi connectivity index (χ1n) is 12.5. The van der Waals surface area contributed by atoms with E-state index in [4.69, 9.17) is 4.74 Å². The van der Waals surface area contributed by atoms with Crippen molar-refractivity contribution < 1.29 is 41.3 Å². The van der Waals surface area contributed by atoms with Crippen LogP contribution in [0.5, 0.6) is 5.75 Å². The van der Waals surface area contributed by atoms with Crippen LogP contribution in [0.15, 0.2) is 36.7 Å². The molecule has 3 N–H and O–H groups in total. The van der Waals surface area contributed by atoms with Crippen LogP contribution in [0, 0.1) is 0 Å². The Morgan fingerprint density at radius 1 is 1.03 bits per heavy atom. The minimum absolute atomic E-state index is 0.0326. The maximum atomic E-state index is 14.1. The van der Waals surface area contributed by atoms with Crippen molar-refractivity contribution in [1.29, 1.82) is 0 Å². The smallest absolute Gasteiger partial charge is 0.433 e. The van der Waals surface area contributed by atoms with E-state index in [1.54, 1.807) is 13.8 Å². The van der Waals surface area contributed by atoms with E-state index in [0.29, 0.717) is 12.8 Å². The second-order valence-corrected chi connectivity index (χ2v) is 11.0. The van der Waals surface area contributed by atoms with Crippen molar-refractivity contribution in [2.45, 2.75) is 81.2 Å². The molecule has 1 saturated heterocycles. The van der Waals surface area contributed by atoms with Gasteiger partial charge in [0.2, 0.25) is 0 Å². The first kappa shape index (κ1) is 27.7. The van der Waals surface area contributed by atoms with E-state index in [1.807, 2.05) is 0 Å². The van der Waals surface area contributed by atoms with Gasteiger partial charge in [0.15, 0.2) is 0 Å². The van der Waals surface area contributed by atoms with Crippen LogP contribution in [0.2, 0.25) is 0 Å². The summed E-state index contributed by atoms with van der Waals surface area (Å²) in [5.41, 5.74) is -4.27. The minimum atomic E-state index is -4.69. The molecule has 0 spiro atoms. The van der Waals surface area contributed by atoms with Crippen LogP contribution >= 0.6 is 0 Å². The molecule has 0 unspecified atom stereocenters. The third-order valence-corrected chi connectivity index (χ3v) is 7.46. The predicted molar refractivity (Wildman–Crippen MR) is 128 cm³/mol. The van der Waals surface area contributed by atoms with Crippen LogP contribution in [0.25, 0.3) is 10.9 Å². The standard InChI is InChI=1S/C26H28F6N4O3/c1-14-7-24(38,16-3-4-21(33-12-16)26(30,31)32)8-17(35-14)13-39-19-5-15-11-34-36(18-9-23(2,37)10-18)22(15)20(6-19)25(27,28)29/h3-6,11-12,14,17-18,35,37-38H,7-10,13H2,1-2H3/t14-,17-,18?,23?,24-/m0/s1. The van der Waals surface area contributed by atoms with Gasteiger partial charge in [0.25, 0.3) is 0 Å². The lowest BCUT2D eigenvalue weighted by molar-refractivity contribution is -0.141. The van der Waals surface area contributed by atoms with Gasteiger partial charge in [0, 0.05) is 29.2 Å². The number of ether oxygens (including phenoxy) is 1. The van der Waals surface area contributed by atoms with Crippen molar-refractivity contribution in [3.8, 4) is 5.75 Å². The fourth-order valence-corrected chi connectivity index (χ4v) is 5.76. The number of rotatable bonds is 5. The molecule has 212 valence electrons. The molecule has 0 amide bonds. The maximum Gasteiger partial charge on any atom is 0.433 e. The molecule has 1 aliphatic carbocycles. The van der Waals surface area contributed by atoms with E-state index < -0.39 is 40.9 Å². The summed E-state index contributed by atoms with van der Waals surface area (Å²) in [5, 5.41) is 29.0. The number of alkyl halides is 6. The average Bonchev–Trinajstić information content (AvgIpc) is 3.22. The summed E-state index contributed by atoms with van der Waals surface area (Å²) in [6.07, 6.45) is -6.11. The van der Waals surface area contributed by atoms with Crippen molar-refractivity contribution in [1.82, 2.24) is 20.1 Å². The lowest BCUT2D eigenvalue weighted by atomic mass is 9.77. The Kier molecular flexibility index (Phi) is 6.62. The molecule has 0 radical (unpaired) electrons. The highest BCUT2D eigenvalue weighted by atomic mass is 19.4. The molecule has 0 bridgehead atoms. The van der Waals surface area contributed by atoms with Gasteiger partial charge in [-0.05, 0) is 57.7 Å². The quantitative estimate of drug-likeness (QED) is 0.384. The minimum Gasteiger partial charge on any atom is -0.492 e. The van der Waals surface area contributed by atoms with Gasteiger partial charge in [-0.1, -0.05) is 6.07 Å². The molecule has 3 atom stereocenters. The highest BCUT2D eigenvalue weighted by Gasteiger charge is 2.43. The molecule has 5 rings (SSSR count). The number of hydrogen-bond donors (Lipinski definition) is 3. The van der Waals surface area contributed by atoms with E-state index in [0.717, 1.165) is 18.3 Å². The summed E-state index contributed by atoms with van der Waals surface area (Å²) in [7, 11) is 0. The van der Waals surface area contributed by atoms with Crippen molar-refractivity contribution >= 4 is 10.9 Å². The number of aliphatic hydroxyl groups is 2. The number of nitrogens with zero attached hydrogens (tertiary/aromatic N) is 3. The largest absolute Gasteiger partial charge is 0.492 e. The maximum absolute atomic E-state index is 14.1. The number of piperidine rings is 1. The SMILES string of the molecule is C[C@H]1C[C@@](O)(c2ccc(C(F)(F)F)nc2)C[C@@H](COc2cc(C(F)(F)F)c3c(cnn3C3CC(C)(O)C3)c2)N1. The molecular formula is C26H28F6N4O3. The number of nitrogens with one attached hydrogen (secondary N) is 1. The zero-order chi connectivity index (χ0) is 28.4. The molecule has 39 heavy (non-hydrogen) atoms. The third-order valence-electron chi connectivity index (χ3n) is 7.46. The number of aromatic nitrogens is 3. The van der Waals surface area contributed by atoms with Crippen LogP contribution in [0.3, 0.4) is 0 Å². The molecule has 2 aromatic heterocycles. The van der Waals surface area contributed by atoms with E-state index in [-0.39, 0.29) is 53.7 Å². The van der Waals surface area contributed by atoms with Crippen LogP contribution in [0.1, 0.15) is 62.4 Å². The second kappa shape index (κ2) is 9.34. The Bertz CT molecular complexity index is 1350. The molecular weight excluding hydrogens is 530 g/mol. The molecule has 13 heteroatoms. The Morgan fingerprint density at radius 3 is 2.33 bits per heavy atom. The molecule has 2 fully saturated rings. The molecule has 3 aromatic rings. The molecule has 1 aromatic carbocycles. The van der Waals surface area contributed by atoms with Gasteiger partial charge in [-0.15, -0.1) is 0 Å². The average molecular weight is 559 g/mol. The second-order valence-electron chi connectivity index (χ2n) is 11.0. The first-order chi connectivity index (χ1) is 18.0. The topological polar surface area (TPSA) is 92.4 Å². The van der Waals surface area contributed by atoms with Gasteiger partial charge in [0.1, 0.15) is 18.1 Å². The summed E-state index contributed by atoms with van der Waals surface area (Å²) in [6.45, 7) is 3.32. The summed E-state index contributed by atoms with van der Waals surface area (Å²) in [4.78, 5) is 3.44. The van der Waals surface area contributed by atoms with Gasteiger partial charge >= 0.3 is 12.4 Å². The van der Waals surface area contributed by atoms with Gasteiger partial charge in [0.05, 0.1) is 34.5 Å². The molecule has 3 heterocycles. The number of halogens is 6. The summed E-state index contributed by atoms with van der Waals surface area (Å²) >= 11 is 0. The van der Waals surface area contributed by atoms with E-state index in [9.17, 15) is 36.6 Å². The molecule has 1 saturated carbocycles. The van der Waals surface area contributed by atoms with E-state index in [2.05, 4.69) is 15.4 Å². The van der Waals surface area contributed by atoms with Crippen molar-refractivity contribution in [2.75, 3.05) is 6.61 Å². The summed E-state index contributed by atoms with van der Waals surface area (Å²) in [5.74, 6) is -0.0326. The summed E-state index contributed by atoms with van der Waals surface area (Å²) in [6, 6.07) is 3.25. The Hall–Kier alpha value is -2.90. The van der Waals surface area contributed by atoms with Gasteiger partial charge in [-0.25, -0.2) is 0 Å². The van der Waals surface area contributed by atoms with E-state index >= 15 is 0 Å². The van der Waals surface area contributed by atoms with Gasteiger partial charge in [-0.2, -0.15) is 31.4 Å². The zero-order valence-electron chi connectivity index (χ0n) is 21.1. The third kappa shape index (κ3) is 5.57. The highest BCUT2D eigenvalue weighted by Crippen LogP contribution is 2.45. The van der Waals surface area contributed by atoms with Gasteiger partial charge < -0.3 is 20.3 Å². The van der Waals surface area contributed by atoms with Crippen LogP contribution in [-0.4, -0.2) is 49.3 Å². The van der Waals surface area contributed by atoms with Crippen LogP contribution in [-0.2, 0) is 18.0 Å². The fourth-order valence-electron chi connectivity index (χ4n) is 5.76. The zero-order valence-corrected chi connectivity index (χ0v) is 21.1. The fraction of sp³-hybridized carbons (Fsp3) is 0.538. The number of hydrogen-bond acceptors (Lipinski definition) is 6. The van der Waals surface area contributed by atoms with Crippen molar-refractivity contribution in [3.05, 3.63) is 53.5 Å². The normalized spacial score (nSPS) is 29.8. The van der Waals surface area contributed by atoms with Crippen molar-refractivity contribution in [3.63, 3.8) is 0 Å². The number of pyridine rings is 1. The molecule has 1 aliphatic heterocycles. The van der Waals surface area contributed by atoms with Crippen LogP contribution < -0.4 is 10.1 Å². The van der Waals surface area contributed by atoms with Crippen LogP contribution in [0.4, 0.5) is 26.3 Å². The Balaban J connectivity index is 1.35. The lowest BCUT2D eigenvalue weighted by Crippen LogP contribution is -2.53. The first-order valence-corrected chi connectivity index (χ1v) is 12.5. The van der Waals surface area contributed by atoms with Crippen molar-refractivity contribution in [2.24, 2.45) is 0 Å². The Labute approximate surface area is 219 Å². The lowest BCUT2D eigenvalue weighted by Gasteiger charge is -2.41. The highest BCUT2D eigenvalue weighted by molar-refractivity contribution is 5.84.